The highest BCUT2D eigenvalue weighted by molar-refractivity contribution is 4.99. The van der Waals surface area contributed by atoms with Gasteiger partial charge in [-0.1, -0.05) is 6.08 Å². The van der Waals surface area contributed by atoms with Gasteiger partial charge < -0.3 is 17.2 Å². The van der Waals surface area contributed by atoms with Crippen molar-refractivity contribution in [3.8, 4) is 0 Å². The summed E-state index contributed by atoms with van der Waals surface area (Å²) in [5.41, 5.74) is 16.6. The molecule has 3 nitrogen and oxygen atoms in total. The van der Waals surface area contributed by atoms with E-state index in [0.29, 0.717) is 13.1 Å². The molecule has 0 spiro atoms. The summed E-state index contributed by atoms with van der Waals surface area (Å²) in [4.78, 5) is 0. The van der Waals surface area contributed by atoms with Crippen molar-refractivity contribution in [1.29, 1.82) is 0 Å². The second-order valence-electron chi connectivity index (χ2n) is 3.22. The molecule has 0 aliphatic carbocycles. The molecule has 0 fully saturated rings. The second-order valence-corrected chi connectivity index (χ2v) is 3.22. The first-order valence-electron chi connectivity index (χ1n) is 4.51. The van der Waals surface area contributed by atoms with E-state index in [1.807, 2.05) is 6.08 Å². The molecule has 0 aliphatic heterocycles. The molecule has 0 unspecified atom stereocenters. The Hall–Kier alpha value is -0.380. The lowest BCUT2D eigenvalue weighted by molar-refractivity contribution is 0.430. The molecule has 6 N–H and O–H groups in total. The van der Waals surface area contributed by atoms with Gasteiger partial charge in [-0.25, -0.2) is 0 Å². The maximum absolute atomic E-state index is 6.04. The Balaban J connectivity index is 3.78. The highest BCUT2D eigenvalue weighted by Gasteiger charge is 2.18. The van der Waals surface area contributed by atoms with Crippen molar-refractivity contribution in [2.75, 3.05) is 13.1 Å². The Labute approximate surface area is 75.0 Å². The van der Waals surface area contributed by atoms with E-state index in [0.717, 1.165) is 25.7 Å². The van der Waals surface area contributed by atoms with E-state index < -0.39 is 0 Å². The van der Waals surface area contributed by atoms with E-state index in [2.05, 4.69) is 6.58 Å². The van der Waals surface area contributed by atoms with Crippen LogP contribution in [0.1, 0.15) is 25.7 Å². The van der Waals surface area contributed by atoms with Gasteiger partial charge in [-0.05, 0) is 38.8 Å². The molecular weight excluding hydrogens is 150 g/mol. The molecule has 0 aromatic heterocycles. The smallest absolute Gasteiger partial charge is 0.0337 e. The van der Waals surface area contributed by atoms with E-state index in [1.165, 1.54) is 0 Å². The van der Waals surface area contributed by atoms with Gasteiger partial charge in [-0.2, -0.15) is 0 Å². The Morgan fingerprint density at radius 1 is 1.08 bits per heavy atom. The summed E-state index contributed by atoms with van der Waals surface area (Å²) in [5, 5.41) is 0. The quantitative estimate of drug-likeness (QED) is 0.484. The Morgan fingerprint density at radius 2 is 1.50 bits per heavy atom. The predicted octanol–water partition coefficient (Wildman–Crippen LogP) is 0.348. The second kappa shape index (κ2) is 6.17. The zero-order valence-electron chi connectivity index (χ0n) is 7.76. The lowest BCUT2D eigenvalue weighted by Crippen LogP contribution is -2.38. The van der Waals surface area contributed by atoms with Gasteiger partial charge in [0.2, 0.25) is 0 Å². The molecule has 0 saturated carbocycles. The van der Waals surface area contributed by atoms with Crippen LogP contribution in [0.25, 0.3) is 0 Å². The molecule has 3 heteroatoms. The van der Waals surface area contributed by atoms with Gasteiger partial charge in [0.1, 0.15) is 0 Å². The molecule has 0 aliphatic rings. The van der Waals surface area contributed by atoms with Crippen molar-refractivity contribution in [2.24, 2.45) is 17.2 Å². The van der Waals surface area contributed by atoms with Gasteiger partial charge in [0.15, 0.2) is 0 Å². The lowest BCUT2D eigenvalue weighted by Gasteiger charge is -2.25. The summed E-state index contributed by atoms with van der Waals surface area (Å²) in [6, 6.07) is 0. The first kappa shape index (κ1) is 11.6. The van der Waals surface area contributed by atoms with Crippen LogP contribution in [0, 0.1) is 0 Å². The van der Waals surface area contributed by atoms with Gasteiger partial charge in [0.25, 0.3) is 0 Å². The van der Waals surface area contributed by atoms with Gasteiger partial charge >= 0.3 is 0 Å². The van der Waals surface area contributed by atoms with Crippen LogP contribution in [0.4, 0.5) is 0 Å². The van der Waals surface area contributed by atoms with Gasteiger partial charge in [-0.3, -0.25) is 0 Å². The Kier molecular flexibility index (Phi) is 5.98. The van der Waals surface area contributed by atoms with Crippen molar-refractivity contribution in [1.82, 2.24) is 0 Å². The van der Waals surface area contributed by atoms with Crippen LogP contribution in [0.5, 0.6) is 0 Å². The van der Waals surface area contributed by atoms with Crippen molar-refractivity contribution in [3.63, 3.8) is 0 Å². The summed E-state index contributed by atoms with van der Waals surface area (Å²) in [6.07, 6.45) is 5.54. The number of hydrogen-bond donors (Lipinski definition) is 3. The average molecular weight is 171 g/mol. The third-order valence-corrected chi connectivity index (χ3v) is 2.10. The van der Waals surface area contributed by atoms with Gasteiger partial charge in [-0.15, -0.1) is 6.58 Å². The average Bonchev–Trinajstić information content (AvgIpc) is 2.11. The highest BCUT2D eigenvalue weighted by atomic mass is 14.7. The fourth-order valence-electron chi connectivity index (χ4n) is 1.19. The lowest BCUT2D eigenvalue weighted by atomic mass is 9.89. The summed E-state index contributed by atoms with van der Waals surface area (Å²) < 4.78 is 0. The predicted molar refractivity (Wildman–Crippen MR) is 53.7 cm³/mol. The normalized spacial score (nSPS) is 11.6. The SMILES string of the molecule is C=CC(N)(CCCN)CCCN. The third kappa shape index (κ3) is 4.49. The minimum Gasteiger partial charge on any atom is -0.330 e. The first-order valence-corrected chi connectivity index (χ1v) is 4.51. The van der Waals surface area contributed by atoms with Crippen LogP contribution in [0.3, 0.4) is 0 Å². The van der Waals surface area contributed by atoms with Crippen molar-refractivity contribution >= 4 is 0 Å². The fraction of sp³-hybridized carbons (Fsp3) is 0.778. The van der Waals surface area contributed by atoms with Gasteiger partial charge in [0, 0.05) is 5.54 Å². The molecule has 0 rings (SSSR count). The zero-order valence-corrected chi connectivity index (χ0v) is 7.76. The summed E-state index contributed by atoms with van der Waals surface area (Å²) in [7, 11) is 0. The van der Waals surface area contributed by atoms with Crippen LogP contribution in [0.15, 0.2) is 12.7 Å². The fourth-order valence-corrected chi connectivity index (χ4v) is 1.19. The van der Waals surface area contributed by atoms with E-state index in [1.54, 1.807) is 0 Å². The molecule has 12 heavy (non-hydrogen) atoms. The largest absolute Gasteiger partial charge is 0.330 e. The van der Waals surface area contributed by atoms with E-state index in [-0.39, 0.29) is 5.54 Å². The van der Waals surface area contributed by atoms with E-state index >= 15 is 0 Å². The highest BCUT2D eigenvalue weighted by Crippen LogP contribution is 2.16. The number of rotatable bonds is 7. The molecule has 0 heterocycles. The first-order chi connectivity index (χ1) is 5.68. The number of nitrogens with two attached hydrogens (primary N) is 3. The molecule has 0 amide bonds. The molecule has 0 aromatic rings. The number of hydrogen-bond acceptors (Lipinski definition) is 3. The molecule has 0 atom stereocenters. The van der Waals surface area contributed by atoms with Crippen LogP contribution in [-0.2, 0) is 0 Å². The zero-order chi connectivity index (χ0) is 9.45. The minimum atomic E-state index is -0.251. The van der Waals surface area contributed by atoms with E-state index in [4.69, 9.17) is 17.2 Å². The molecule has 0 bridgehead atoms. The van der Waals surface area contributed by atoms with Crippen molar-refractivity contribution in [3.05, 3.63) is 12.7 Å². The summed E-state index contributed by atoms with van der Waals surface area (Å²) in [6.45, 7) is 5.11. The molecular formula is C9H21N3. The topological polar surface area (TPSA) is 78.1 Å². The minimum absolute atomic E-state index is 0.251. The Bertz CT molecular complexity index is 115. The van der Waals surface area contributed by atoms with Crippen molar-refractivity contribution < 1.29 is 0 Å². The van der Waals surface area contributed by atoms with E-state index in [9.17, 15) is 0 Å². The molecule has 0 aromatic carbocycles. The molecule has 72 valence electrons. The monoisotopic (exact) mass is 171 g/mol. The molecule has 0 saturated heterocycles. The maximum Gasteiger partial charge on any atom is 0.0337 e. The standard InChI is InChI=1S/C9H21N3/c1-2-9(12,5-3-7-10)6-4-8-11/h2H,1,3-8,10-12H2. The maximum atomic E-state index is 6.04. The third-order valence-electron chi connectivity index (χ3n) is 2.10. The summed E-state index contributed by atoms with van der Waals surface area (Å²) >= 11 is 0. The van der Waals surface area contributed by atoms with Crippen LogP contribution < -0.4 is 17.2 Å². The van der Waals surface area contributed by atoms with Gasteiger partial charge in [0.05, 0.1) is 0 Å². The molecule has 0 radical (unpaired) electrons. The van der Waals surface area contributed by atoms with Crippen LogP contribution in [-0.4, -0.2) is 18.6 Å². The van der Waals surface area contributed by atoms with Crippen LogP contribution in [0.2, 0.25) is 0 Å². The Morgan fingerprint density at radius 3 is 1.75 bits per heavy atom. The van der Waals surface area contributed by atoms with Crippen LogP contribution >= 0.6 is 0 Å². The van der Waals surface area contributed by atoms with Crippen molar-refractivity contribution in [2.45, 2.75) is 31.2 Å². The summed E-state index contributed by atoms with van der Waals surface area (Å²) in [5.74, 6) is 0.